The van der Waals surface area contributed by atoms with Crippen LogP contribution in [0.15, 0.2) is 4.99 Å². The Hall–Kier alpha value is -0.770. The van der Waals surface area contributed by atoms with Crippen molar-refractivity contribution in [2.24, 2.45) is 22.1 Å². The second-order valence-electron chi connectivity index (χ2n) is 7.47. The van der Waals surface area contributed by atoms with Crippen LogP contribution in [-0.4, -0.2) is 42.2 Å². The molecule has 1 saturated heterocycles. The molecule has 2 N–H and O–H groups in total. The highest BCUT2D eigenvalue weighted by Crippen LogP contribution is 2.52. The molecule has 1 saturated carbocycles. The second kappa shape index (κ2) is 4.37. The number of guanidine groups is 1. The maximum absolute atomic E-state index is 6.18. The molecular weight excluding hydrogens is 238 g/mol. The summed E-state index contributed by atoms with van der Waals surface area (Å²) in [6.45, 7) is 9.81. The van der Waals surface area contributed by atoms with E-state index >= 15 is 0 Å². The third-order valence-electron chi connectivity index (χ3n) is 5.30. The number of nitrogens with two attached hydrogens (primary N) is 1. The quantitative estimate of drug-likeness (QED) is 0.830. The van der Waals surface area contributed by atoms with Crippen molar-refractivity contribution in [1.82, 2.24) is 4.90 Å². The minimum absolute atomic E-state index is 0.152. The molecule has 0 aromatic heterocycles. The summed E-state index contributed by atoms with van der Waals surface area (Å²) < 4.78 is 5.80. The molecule has 0 bridgehead atoms. The number of aliphatic imine (C=N–C) groups is 1. The molecular formula is C15H27N3O. The highest BCUT2D eigenvalue weighted by Gasteiger charge is 2.55. The molecule has 4 nitrogen and oxygen atoms in total. The highest BCUT2D eigenvalue weighted by atomic mass is 16.5. The van der Waals surface area contributed by atoms with E-state index in [0.29, 0.717) is 17.4 Å². The lowest BCUT2D eigenvalue weighted by atomic mass is 9.85. The topological polar surface area (TPSA) is 50.8 Å². The van der Waals surface area contributed by atoms with Crippen molar-refractivity contribution in [2.75, 3.05) is 19.7 Å². The van der Waals surface area contributed by atoms with Crippen LogP contribution in [0.4, 0.5) is 0 Å². The van der Waals surface area contributed by atoms with Crippen molar-refractivity contribution >= 4 is 5.96 Å². The fraction of sp³-hybridized carbons (Fsp3) is 0.933. The van der Waals surface area contributed by atoms with Crippen LogP contribution in [-0.2, 0) is 4.74 Å². The Kier molecular flexibility index (Phi) is 3.04. The molecule has 2 aliphatic heterocycles. The predicted molar refractivity (Wildman–Crippen MR) is 77.1 cm³/mol. The van der Waals surface area contributed by atoms with E-state index in [-0.39, 0.29) is 5.54 Å². The Bertz CT molecular complexity index is 387. The van der Waals surface area contributed by atoms with Gasteiger partial charge in [-0.1, -0.05) is 20.8 Å². The highest BCUT2D eigenvalue weighted by molar-refractivity contribution is 5.81. The zero-order valence-corrected chi connectivity index (χ0v) is 12.5. The zero-order valence-electron chi connectivity index (χ0n) is 12.5. The van der Waals surface area contributed by atoms with Crippen LogP contribution in [0.5, 0.6) is 0 Å². The van der Waals surface area contributed by atoms with Crippen molar-refractivity contribution in [3.05, 3.63) is 0 Å². The molecule has 108 valence electrons. The van der Waals surface area contributed by atoms with Gasteiger partial charge < -0.3 is 15.4 Å². The molecule has 2 heterocycles. The van der Waals surface area contributed by atoms with Crippen molar-refractivity contribution in [2.45, 2.75) is 58.1 Å². The Labute approximate surface area is 116 Å². The van der Waals surface area contributed by atoms with E-state index in [9.17, 15) is 0 Å². The molecule has 2 fully saturated rings. The summed E-state index contributed by atoms with van der Waals surface area (Å²) >= 11 is 0. The van der Waals surface area contributed by atoms with E-state index in [0.717, 1.165) is 32.1 Å². The molecule has 3 rings (SSSR count). The lowest BCUT2D eigenvalue weighted by Gasteiger charge is -2.41. The van der Waals surface area contributed by atoms with Gasteiger partial charge in [-0.05, 0) is 37.0 Å². The largest absolute Gasteiger partial charge is 0.376 e. The standard InChI is InChI=1S/C15H27N3O/c1-11-7-14(2,3)9-15(11)10-17-13(16)18(15)8-12-5-4-6-19-12/h11-12H,4-10H2,1-3H3,(H2,16,17). The van der Waals surface area contributed by atoms with Crippen molar-refractivity contribution in [3.8, 4) is 0 Å². The molecule has 0 aromatic rings. The van der Waals surface area contributed by atoms with Gasteiger partial charge in [-0.25, -0.2) is 0 Å². The van der Waals surface area contributed by atoms with Gasteiger partial charge in [0.1, 0.15) is 0 Å². The van der Waals surface area contributed by atoms with Crippen LogP contribution in [0.2, 0.25) is 0 Å². The molecule has 0 amide bonds. The number of ether oxygens (including phenoxy) is 1. The summed E-state index contributed by atoms with van der Waals surface area (Å²) in [5.74, 6) is 1.38. The van der Waals surface area contributed by atoms with Gasteiger partial charge in [-0.3, -0.25) is 4.99 Å². The van der Waals surface area contributed by atoms with Gasteiger partial charge in [0.15, 0.2) is 5.96 Å². The monoisotopic (exact) mass is 265 g/mol. The number of rotatable bonds is 2. The molecule has 4 heteroatoms. The SMILES string of the molecule is CC1CC(C)(C)CC12CN=C(N)N2CC1CCCO1. The molecule has 0 aromatic carbocycles. The normalized spacial score (nSPS) is 41.2. The second-order valence-corrected chi connectivity index (χ2v) is 7.47. The van der Waals surface area contributed by atoms with E-state index < -0.39 is 0 Å². The summed E-state index contributed by atoms with van der Waals surface area (Å²) in [6, 6.07) is 0. The van der Waals surface area contributed by atoms with Crippen molar-refractivity contribution in [1.29, 1.82) is 0 Å². The van der Waals surface area contributed by atoms with E-state index in [4.69, 9.17) is 10.5 Å². The van der Waals surface area contributed by atoms with Crippen LogP contribution in [0.25, 0.3) is 0 Å². The number of hydrogen-bond donors (Lipinski definition) is 1. The maximum atomic E-state index is 6.18. The summed E-state index contributed by atoms with van der Waals surface area (Å²) in [7, 11) is 0. The van der Waals surface area contributed by atoms with Gasteiger partial charge in [-0.15, -0.1) is 0 Å². The Morgan fingerprint density at radius 2 is 2.26 bits per heavy atom. The molecule has 19 heavy (non-hydrogen) atoms. The molecule has 0 radical (unpaired) electrons. The first kappa shape index (κ1) is 13.2. The minimum atomic E-state index is 0.152. The Morgan fingerprint density at radius 1 is 1.47 bits per heavy atom. The van der Waals surface area contributed by atoms with Crippen molar-refractivity contribution < 1.29 is 4.74 Å². The van der Waals surface area contributed by atoms with Gasteiger partial charge in [0.25, 0.3) is 0 Å². The van der Waals surface area contributed by atoms with Crippen LogP contribution >= 0.6 is 0 Å². The predicted octanol–water partition coefficient (Wildman–Crippen LogP) is 1.99. The third kappa shape index (κ3) is 2.14. The van der Waals surface area contributed by atoms with Crippen LogP contribution in [0, 0.1) is 11.3 Å². The molecule has 3 aliphatic rings. The fourth-order valence-corrected chi connectivity index (χ4v) is 4.55. The number of nitrogens with zero attached hydrogens (tertiary/aromatic N) is 2. The summed E-state index contributed by atoms with van der Waals surface area (Å²) in [5.41, 5.74) is 6.73. The third-order valence-corrected chi connectivity index (χ3v) is 5.30. The van der Waals surface area contributed by atoms with Gasteiger partial charge in [0.2, 0.25) is 0 Å². The van der Waals surface area contributed by atoms with E-state index in [1.54, 1.807) is 0 Å². The lowest BCUT2D eigenvalue weighted by molar-refractivity contribution is 0.0536. The van der Waals surface area contributed by atoms with Crippen molar-refractivity contribution in [3.63, 3.8) is 0 Å². The van der Waals surface area contributed by atoms with Gasteiger partial charge in [-0.2, -0.15) is 0 Å². The smallest absolute Gasteiger partial charge is 0.191 e. The number of hydrogen-bond acceptors (Lipinski definition) is 4. The average Bonchev–Trinajstić information content (AvgIpc) is 2.96. The molecule has 3 unspecified atom stereocenters. The van der Waals surface area contributed by atoms with Crippen LogP contribution in [0.3, 0.4) is 0 Å². The van der Waals surface area contributed by atoms with Crippen LogP contribution in [0.1, 0.15) is 46.5 Å². The van der Waals surface area contributed by atoms with Gasteiger partial charge in [0.05, 0.1) is 18.2 Å². The van der Waals surface area contributed by atoms with E-state index in [2.05, 4.69) is 30.7 Å². The lowest BCUT2D eigenvalue weighted by Crippen LogP contribution is -2.55. The molecule has 1 aliphatic carbocycles. The van der Waals surface area contributed by atoms with Gasteiger partial charge in [0, 0.05) is 13.2 Å². The molecule has 1 spiro atoms. The van der Waals surface area contributed by atoms with E-state index in [1.807, 2.05) is 0 Å². The first-order chi connectivity index (χ1) is 8.93. The summed E-state index contributed by atoms with van der Waals surface area (Å²) in [5, 5.41) is 0. The van der Waals surface area contributed by atoms with Gasteiger partial charge >= 0.3 is 0 Å². The van der Waals surface area contributed by atoms with E-state index in [1.165, 1.54) is 19.3 Å². The van der Waals surface area contributed by atoms with Crippen LogP contribution < -0.4 is 5.73 Å². The maximum Gasteiger partial charge on any atom is 0.191 e. The Morgan fingerprint density at radius 3 is 2.84 bits per heavy atom. The minimum Gasteiger partial charge on any atom is -0.376 e. The summed E-state index contributed by atoms with van der Waals surface area (Å²) in [6.07, 6.45) is 5.15. The summed E-state index contributed by atoms with van der Waals surface area (Å²) in [4.78, 5) is 6.95. The first-order valence-electron chi connectivity index (χ1n) is 7.62. The molecule has 3 atom stereocenters. The average molecular weight is 265 g/mol. The zero-order chi connectivity index (χ0) is 13.7. The fourth-order valence-electron chi connectivity index (χ4n) is 4.55. The Balaban J connectivity index is 1.80. The first-order valence-corrected chi connectivity index (χ1v) is 7.62.